The van der Waals surface area contributed by atoms with Crippen LogP contribution < -0.4 is 10.3 Å². The zero-order chi connectivity index (χ0) is 21.4. The van der Waals surface area contributed by atoms with Crippen molar-refractivity contribution in [2.24, 2.45) is 0 Å². The molecule has 0 spiro atoms. The molecule has 3 rings (SSSR count). The summed E-state index contributed by atoms with van der Waals surface area (Å²) in [6.07, 6.45) is -4.96. The fourth-order valence-corrected chi connectivity index (χ4v) is 3.20. The Morgan fingerprint density at radius 1 is 1.10 bits per heavy atom. The zero-order valence-corrected chi connectivity index (χ0v) is 15.0. The molecule has 1 heterocycles. The van der Waals surface area contributed by atoms with Crippen LogP contribution in [-0.4, -0.2) is 26.5 Å². The predicted molar refractivity (Wildman–Crippen MR) is 94.9 cm³/mol. The number of aromatic nitrogens is 1. The van der Waals surface area contributed by atoms with Crippen molar-refractivity contribution in [3.8, 4) is 10.6 Å². The van der Waals surface area contributed by atoms with Crippen LogP contribution in [0.25, 0.3) is 10.6 Å². The second-order valence-corrected chi connectivity index (χ2v) is 6.65. The molecule has 0 aliphatic carbocycles. The Morgan fingerprint density at radius 2 is 1.76 bits per heavy atom. The minimum atomic E-state index is -4.96. The third-order valence-electron chi connectivity index (χ3n) is 3.75. The molecule has 0 atom stereocenters. The summed E-state index contributed by atoms with van der Waals surface area (Å²) in [6, 6.07) is 7.17. The quantitative estimate of drug-likeness (QED) is 0.264. The molecule has 0 unspecified atom stereocenters. The van der Waals surface area contributed by atoms with Gasteiger partial charge in [-0.25, -0.2) is 9.18 Å². The van der Waals surface area contributed by atoms with Gasteiger partial charge in [-0.1, -0.05) is 0 Å². The van der Waals surface area contributed by atoms with Gasteiger partial charge in [0.15, 0.2) is 0 Å². The highest BCUT2D eigenvalue weighted by molar-refractivity contribution is 7.13. The molecule has 152 valence electrons. The average molecular weight is 430 g/mol. The van der Waals surface area contributed by atoms with Crippen molar-refractivity contribution in [1.29, 1.82) is 0 Å². The van der Waals surface area contributed by atoms with Gasteiger partial charge in [-0.15, -0.1) is 21.8 Å². The highest BCUT2D eigenvalue weighted by Gasteiger charge is 2.39. The highest BCUT2D eigenvalue weighted by atomic mass is 32.1. The van der Waals surface area contributed by atoms with E-state index in [0.29, 0.717) is 11.6 Å². The van der Waals surface area contributed by atoms with Crippen molar-refractivity contribution in [2.45, 2.75) is 6.18 Å². The van der Waals surface area contributed by atoms with Gasteiger partial charge in [0.1, 0.15) is 21.4 Å². The first-order valence-corrected chi connectivity index (χ1v) is 8.65. The van der Waals surface area contributed by atoms with Crippen LogP contribution in [0.5, 0.6) is 0 Å². The molecular formula is C17H12F4N3O4S+. The molecule has 4 N–H and O–H groups in total. The topological polar surface area (TPSA) is 103 Å². The van der Waals surface area contributed by atoms with E-state index in [4.69, 9.17) is 5.11 Å². The molecular weight excluding hydrogens is 418 g/mol. The van der Waals surface area contributed by atoms with Crippen molar-refractivity contribution >= 4 is 28.8 Å². The van der Waals surface area contributed by atoms with Gasteiger partial charge in [-0.3, -0.25) is 0 Å². The van der Waals surface area contributed by atoms with E-state index in [9.17, 15) is 32.8 Å². The van der Waals surface area contributed by atoms with Gasteiger partial charge in [0.2, 0.25) is 0 Å². The molecule has 0 saturated heterocycles. The summed E-state index contributed by atoms with van der Waals surface area (Å²) in [5.41, 5.74) is -0.469. The Kier molecular flexibility index (Phi) is 5.28. The summed E-state index contributed by atoms with van der Waals surface area (Å²) in [5.74, 6) is -2.50. The van der Waals surface area contributed by atoms with Crippen LogP contribution in [0, 0.1) is 5.82 Å². The summed E-state index contributed by atoms with van der Waals surface area (Å²) in [4.78, 5) is 12.7. The summed E-state index contributed by atoms with van der Waals surface area (Å²) in [6.45, 7) is 0. The SMILES string of the molecule is O=C(O)c1ccc(N[N+](O)(O)c2csc(-c3ccc(F)cc3)n2)c(C(F)(F)F)c1. The number of thiazole rings is 1. The molecule has 3 aromatic rings. The van der Waals surface area contributed by atoms with Gasteiger partial charge >= 0.3 is 18.0 Å². The predicted octanol–water partition coefficient (Wildman–Crippen LogP) is 4.78. The fourth-order valence-electron chi connectivity index (χ4n) is 2.37. The smallest absolute Gasteiger partial charge is 0.418 e. The van der Waals surface area contributed by atoms with Crippen molar-refractivity contribution in [3.05, 3.63) is 64.8 Å². The van der Waals surface area contributed by atoms with Crippen LogP contribution in [0.15, 0.2) is 47.8 Å². The van der Waals surface area contributed by atoms with E-state index in [1.165, 1.54) is 29.6 Å². The molecule has 29 heavy (non-hydrogen) atoms. The lowest BCUT2D eigenvalue weighted by Crippen LogP contribution is -2.48. The molecule has 0 saturated carbocycles. The Labute approximate surface area is 164 Å². The summed E-state index contributed by atoms with van der Waals surface area (Å²) >= 11 is 0.953. The maximum absolute atomic E-state index is 13.3. The number of alkyl halides is 3. The highest BCUT2D eigenvalue weighted by Crippen LogP contribution is 2.37. The number of halogens is 4. The third-order valence-corrected chi connectivity index (χ3v) is 4.63. The molecule has 0 radical (unpaired) electrons. The second kappa shape index (κ2) is 7.40. The zero-order valence-electron chi connectivity index (χ0n) is 14.2. The number of carbonyl (C=O) groups is 1. The lowest BCUT2D eigenvalue weighted by Gasteiger charge is -2.21. The number of hydrogen-bond acceptors (Lipinski definition) is 6. The Morgan fingerprint density at radius 3 is 2.34 bits per heavy atom. The summed E-state index contributed by atoms with van der Waals surface area (Å²) in [7, 11) is 0. The minimum Gasteiger partial charge on any atom is -0.478 e. The summed E-state index contributed by atoms with van der Waals surface area (Å²) < 4.78 is 52.9. The average Bonchev–Trinajstić information content (AvgIpc) is 3.12. The number of benzene rings is 2. The van der Waals surface area contributed by atoms with E-state index in [0.717, 1.165) is 23.5 Å². The number of nitrogens with zero attached hydrogens (tertiary/aromatic N) is 2. The number of nitrogens with one attached hydrogen (secondary N) is 1. The van der Waals surface area contributed by atoms with Crippen LogP contribution in [0.3, 0.4) is 0 Å². The van der Waals surface area contributed by atoms with Gasteiger partial charge in [0.25, 0.3) is 0 Å². The first-order chi connectivity index (χ1) is 13.5. The first kappa shape index (κ1) is 20.7. The fraction of sp³-hybridized carbons (Fsp3) is 0.0588. The van der Waals surface area contributed by atoms with Crippen LogP contribution in [0.4, 0.5) is 29.1 Å². The number of hydrogen-bond donors (Lipinski definition) is 4. The number of quaternary nitrogens is 1. The van der Waals surface area contributed by atoms with E-state index in [-0.39, 0.29) is 5.01 Å². The third kappa shape index (κ3) is 4.51. The van der Waals surface area contributed by atoms with Crippen molar-refractivity contribution in [2.75, 3.05) is 5.43 Å². The maximum atomic E-state index is 13.3. The van der Waals surface area contributed by atoms with E-state index in [1.807, 2.05) is 5.43 Å². The van der Waals surface area contributed by atoms with Crippen LogP contribution >= 0.6 is 11.3 Å². The van der Waals surface area contributed by atoms with Crippen LogP contribution in [-0.2, 0) is 6.18 Å². The van der Waals surface area contributed by atoms with Crippen molar-refractivity contribution in [1.82, 2.24) is 9.90 Å². The molecule has 0 bridgehead atoms. The molecule has 1 aromatic heterocycles. The molecule has 0 aliphatic rings. The van der Waals surface area contributed by atoms with E-state index < -0.39 is 45.5 Å². The Hall–Kier alpha value is -3.06. The summed E-state index contributed by atoms with van der Waals surface area (Å²) in [5, 5.41) is 30.7. The van der Waals surface area contributed by atoms with Gasteiger partial charge in [0.05, 0.1) is 16.5 Å². The standard InChI is InChI=1S/C17H11F4N3O4S/c18-11-4-1-9(2-5-11)15-22-14(8-29-15)24(27,28)23-13-6-3-10(16(25)26)7-12(13)17(19,20)21/h1-8,23,27-28H/p+1. The molecule has 0 amide bonds. The van der Waals surface area contributed by atoms with Crippen molar-refractivity contribution < 1.29 is 37.9 Å². The monoisotopic (exact) mass is 430 g/mol. The van der Waals surface area contributed by atoms with E-state index in [2.05, 4.69) is 4.98 Å². The molecule has 2 aromatic carbocycles. The number of anilines is 1. The Balaban J connectivity index is 1.93. The van der Waals surface area contributed by atoms with Gasteiger partial charge in [0, 0.05) is 5.56 Å². The molecule has 7 nitrogen and oxygen atoms in total. The number of carboxylic acids is 1. The molecule has 0 fully saturated rings. The maximum Gasteiger partial charge on any atom is 0.418 e. The number of carboxylic acid groups (broad SMARTS) is 1. The minimum absolute atomic E-state index is 0.268. The number of rotatable bonds is 5. The van der Waals surface area contributed by atoms with Gasteiger partial charge in [-0.2, -0.15) is 23.6 Å². The van der Waals surface area contributed by atoms with Crippen molar-refractivity contribution in [3.63, 3.8) is 0 Å². The Bertz CT molecular complexity index is 1050. The molecule has 12 heteroatoms. The van der Waals surface area contributed by atoms with Gasteiger partial charge in [-0.05, 0) is 42.5 Å². The van der Waals surface area contributed by atoms with E-state index >= 15 is 0 Å². The largest absolute Gasteiger partial charge is 0.478 e. The number of aromatic carboxylic acids is 1. The second-order valence-electron chi connectivity index (χ2n) is 5.79. The lowest BCUT2D eigenvalue weighted by atomic mass is 10.1. The lowest BCUT2D eigenvalue weighted by molar-refractivity contribution is -0.274. The van der Waals surface area contributed by atoms with Crippen LogP contribution in [0.1, 0.15) is 15.9 Å². The molecule has 0 aliphatic heterocycles. The van der Waals surface area contributed by atoms with Gasteiger partial charge < -0.3 is 5.11 Å². The van der Waals surface area contributed by atoms with Crippen LogP contribution in [0.2, 0.25) is 0 Å². The normalized spacial score (nSPS) is 12.1. The first-order valence-electron chi connectivity index (χ1n) is 7.77. The van der Waals surface area contributed by atoms with E-state index in [1.54, 1.807) is 0 Å².